The highest BCUT2D eigenvalue weighted by Crippen LogP contribution is 2.23. The van der Waals surface area contributed by atoms with Crippen molar-refractivity contribution in [3.63, 3.8) is 0 Å². The smallest absolute Gasteiger partial charge is 0.224 e. The van der Waals surface area contributed by atoms with E-state index in [1.165, 1.54) is 19.3 Å². The van der Waals surface area contributed by atoms with E-state index in [2.05, 4.69) is 18.3 Å². The summed E-state index contributed by atoms with van der Waals surface area (Å²) in [5.74, 6) is 0.519. The van der Waals surface area contributed by atoms with E-state index in [4.69, 9.17) is 9.47 Å². The Morgan fingerprint density at radius 3 is 2.87 bits per heavy atom. The molecule has 0 spiro atoms. The average Bonchev–Trinajstić information content (AvgIpc) is 3.37. The maximum Gasteiger partial charge on any atom is 0.224 e. The van der Waals surface area contributed by atoms with Crippen molar-refractivity contribution in [3.05, 3.63) is 23.8 Å². The molecule has 1 aromatic rings. The molecule has 0 saturated carbocycles. The Morgan fingerprint density at radius 2 is 2.17 bits per heavy atom. The van der Waals surface area contributed by atoms with Crippen molar-refractivity contribution in [1.29, 1.82) is 5.26 Å². The van der Waals surface area contributed by atoms with Gasteiger partial charge in [0, 0.05) is 12.1 Å². The molecule has 1 amide bonds. The minimum atomic E-state index is -0.00885. The summed E-state index contributed by atoms with van der Waals surface area (Å²) in [5, 5.41) is 12.0. The van der Waals surface area contributed by atoms with Crippen molar-refractivity contribution in [2.45, 2.75) is 51.6 Å². The SMILES string of the molecule is CCCCCCCC(=O)Nc1ccc(OCC2CO2)c(C#N)c1. The second-order valence-corrected chi connectivity index (χ2v) is 5.80. The van der Waals surface area contributed by atoms with Crippen molar-refractivity contribution in [2.24, 2.45) is 0 Å². The topological polar surface area (TPSA) is 74.7 Å². The van der Waals surface area contributed by atoms with Crippen LogP contribution in [0.5, 0.6) is 5.75 Å². The summed E-state index contributed by atoms with van der Waals surface area (Å²) in [6, 6.07) is 7.24. The summed E-state index contributed by atoms with van der Waals surface area (Å²) in [6.45, 7) is 3.34. The molecule has 1 atom stereocenters. The van der Waals surface area contributed by atoms with Crippen molar-refractivity contribution in [1.82, 2.24) is 0 Å². The molecule has 1 unspecified atom stereocenters. The van der Waals surface area contributed by atoms with E-state index in [1.807, 2.05) is 0 Å². The summed E-state index contributed by atoms with van der Waals surface area (Å²) in [4.78, 5) is 11.9. The van der Waals surface area contributed by atoms with E-state index in [0.29, 0.717) is 36.6 Å². The van der Waals surface area contributed by atoms with Crippen molar-refractivity contribution in [3.8, 4) is 11.8 Å². The van der Waals surface area contributed by atoms with Gasteiger partial charge in [-0.05, 0) is 24.6 Å². The van der Waals surface area contributed by atoms with Crippen LogP contribution in [0.15, 0.2) is 18.2 Å². The summed E-state index contributed by atoms with van der Waals surface area (Å²) < 4.78 is 10.6. The molecule has 0 aliphatic carbocycles. The highest BCUT2D eigenvalue weighted by molar-refractivity contribution is 5.91. The van der Waals surface area contributed by atoms with Gasteiger partial charge in [-0.2, -0.15) is 5.26 Å². The van der Waals surface area contributed by atoms with Crippen LogP contribution in [0.1, 0.15) is 51.0 Å². The molecule has 124 valence electrons. The van der Waals surface area contributed by atoms with Crippen molar-refractivity contribution < 1.29 is 14.3 Å². The number of nitrogens with zero attached hydrogens (tertiary/aromatic N) is 1. The predicted molar refractivity (Wildman–Crippen MR) is 88.4 cm³/mol. The van der Waals surface area contributed by atoms with Gasteiger partial charge in [0.15, 0.2) is 0 Å². The summed E-state index contributed by atoms with van der Waals surface area (Å²) in [5.41, 5.74) is 1.06. The maximum atomic E-state index is 11.9. The number of carbonyl (C=O) groups excluding carboxylic acids is 1. The molecule has 1 aromatic carbocycles. The molecule has 5 nitrogen and oxygen atoms in total. The fourth-order valence-electron chi connectivity index (χ4n) is 2.28. The summed E-state index contributed by atoms with van der Waals surface area (Å²) in [6.07, 6.45) is 6.25. The molecule has 0 radical (unpaired) electrons. The molecule has 1 saturated heterocycles. The lowest BCUT2D eigenvalue weighted by Gasteiger charge is -2.09. The van der Waals surface area contributed by atoms with Gasteiger partial charge >= 0.3 is 0 Å². The summed E-state index contributed by atoms with van der Waals surface area (Å²) >= 11 is 0. The van der Waals surface area contributed by atoms with Crippen molar-refractivity contribution >= 4 is 11.6 Å². The van der Waals surface area contributed by atoms with Gasteiger partial charge in [-0.15, -0.1) is 0 Å². The number of nitriles is 1. The van der Waals surface area contributed by atoms with Crippen LogP contribution < -0.4 is 10.1 Å². The normalized spacial score (nSPS) is 15.7. The maximum absolute atomic E-state index is 11.9. The minimum absolute atomic E-state index is 0.00885. The van der Waals surface area contributed by atoms with Crippen LogP contribution in [-0.4, -0.2) is 25.2 Å². The molecule has 5 heteroatoms. The Hall–Kier alpha value is -2.06. The molecule has 1 aliphatic heterocycles. The molecule has 1 heterocycles. The molecule has 2 rings (SSSR count). The van der Waals surface area contributed by atoms with Gasteiger partial charge in [-0.25, -0.2) is 0 Å². The van der Waals surface area contributed by atoms with Crippen LogP contribution in [-0.2, 0) is 9.53 Å². The van der Waals surface area contributed by atoms with Gasteiger partial charge in [0.1, 0.15) is 24.5 Å². The standard InChI is InChI=1S/C18H24N2O3/c1-2-3-4-5-6-7-18(21)20-15-8-9-17(14(10-15)11-19)23-13-16-12-22-16/h8-10,16H,2-7,12-13H2,1H3,(H,20,21). The van der Waals surface area contributed by atoms with E-state index >= 15 is 0 Å². The molecule has 23 heavy (non-hydrogen) atoms. The number of unbranched alkanes of at least 4 members (excludes halogenated alkanes) is 4. The van der Waals surface area contributed by atoms with Gasteiger partial charge in [-0.1, -0.05) is 32.6 Å². The number of amides is 1. The van der Waals surface area contributed by atoms with E-state index < -0.39 is 0 Å². The second kappa shape index (κ2) is 9.16. The zero-order valence-electron chi connectivity index (χ0n) is 13.6. The number of ether oxygens (including phenoxy) is 2. The second-order valence-electron chi connectivity index (χ2n) is 5.80. The summed E-state index contributed by atoms with van der Waals surface area (Å²) in [7, 11) is 0. The van der Waals surface area contributed by atoms with E-state index in [1.54, 1.807) is 18.2 Å². The number of carbonyl (C=O) groups is 1. The van der Waals surface area contributed by atoms with Gasteiger partial charge in [0.25, 0.3) is 0 Å². The molecular weight excluding hydrogens is 292 g/mol. The van der Waals surface area contributed by atoms with E-state index in [0.717, 1.165) is 12.8 Å². The lowest BCUT2D eigenvalue weighted by atomic mass is 10.1. The number of epoxide rings is 1. The first-order chi connectivity index (χ1) is 11.2. The van der Waals surface area contributed by atoms with E-state index in [-0.39, 0.29) is 12.0 Å². The molecule has 0 bridgehead atoms. The van der Waals surface area contributed by atoms with Crippen LogP contribution in [0.3, 0.4) is 0 Å². The third-order valence-corrected chi connectivity index (χ3v) is 3.72. The quantitative estimate of drug-likeness (QED) is 0.528. The number of hydrogen-bond acceptors (Lipinski definition) is 4. The largest absolute Gasteiger partial charge is 0.489 e. The number of anilines is 1. The fourth-order valence-corrected chi connectivity index (χ4v) is 2.28. The highest BCUT2D eigenvalue weighted by Gasteiger charge is 2.23. The third kappa shape index (κ3) is 6.29. The molecule has 1 N–H and O–H groups in total. The fraction of sp³-hybridized carbons (Fsp3) is 0.556. The number of hydrogen-bond donors (Lipinski definition) is 1. The monoisotopic (exact) mass is 316 g/mol. The molecule has 1 fully saturated rings. The van der Waals surface area contributed by atoms with Crippen molar-refractivity contribution in [2.75, 3.05) is 18.5 Å². The lowest BCUT2D eigenvalue weighted by Crippen LogP contribution is -2.11. The number of benzene rings is 1. The first-order valence-corrected chi connectivity index (χ1v) is 8.31. The zero-order chi connectivity index (χ0) is 16.5. The van der Waals surface area contributed by atoms with Gasteiger partial charge in [-0.3, -0.25) is 4.79 Å². The lowest BCUT2D eigenvalue weighted by molar-refractivity contribution is -0.116. The van der Waals surface area contributed by atoms with Gasteiger partial charge in [0.05, 0.1) is 12.2 Å². The van der Waals surface area contributed by atoms with Crippen LogP contribution in [0.2, 0.25) is 0 Å². The highest BCUT2D eigenvalue weighted by atomic mass is 16.6. The predicted octanol–water partition coefficient (Wildman–Crippen LogP) is 3.63. The first kappa shape index (κ1) is 17.3. The van der Waals surface area contributed by atoms with Crippen LogP contribution in [0.4, 0.5) is 5.69 Å². The molecular formula is C18H24N2O3. The van der Waals surface area contributed by atoms with Crippen LogP contribution in [0.25, 0.3) is 0 Å². The third-order valence-electron chi connectivity index (χ3n) is 3.72. The Labute approximate surface area is 137 Å². The van der Waals surface area contributed by atoms with E-state index in [9.17, 15) is 10.1 Å². The number of rotatable bonds is 10. The molecule has 0 aromatic heterocycles. The minimum Gasteiger partial charge on any atom is -0.489 e. The Balaban J connectivity index is 1.79. The average molecular weight is 316 g/mol. The number of nitrogens with one attached hydrogen (secondary N) is 1. The Morgan fingerprint density at radius 1 is 1.39 bits per heavy atom. The Kier molecular flexibility index (Phi) is 6.89. The zero-order valence-corrected chi connectivity index (χ0v) is 13.6. The van der Waals surface area contributed by atoms with Gasteiger partial charge < -0.3 is 14.8 Å². The first-order valence-electron chi connectivity index (χ1n) is 8.31. The van der Waals surface area contributed by atoms with Gasteiger partial charge in [0.2, 0.25) is 5.91 Å². The van der Waals surface area contributed by atoms with Crippen LogP contribution in [0, 0.1) is 11.3 Å². The van der Waals surface area contributed by atoms with Crippen LogP contribution >= 0.6 is 0 Å². The Bertz CT molecular complexity index is 562. The molecule has 1 aliphatic rings.